The molecule has 0 aliphatic heterocycles. The van der Waals surface area contributed by atoms with Crippen LogP contribution in [0.2, 0.25) is 0 Å². The quantitative estimate of drug-likeness (QED) is 0.220. The number of benzene rings is 6. The van der Waals surface area contributed by atoms with E-state index in [0.29, 0.717) is 0 Å². The summed E-state index contributed by atoms with van der Waals surface area (Å²) in [7, 11) is 3.29. The Morgan fingerprint density at radius 1 is 0.610 bits per heavy atom. The molecular formula is C34H29N3O4. The summed E-state index contributed by atoms with van der Waals surface area (Å²) in [6.45, 7) is 4.46. The van der Waals surface area contributed by atoms with Crippen LogP contribution in [0.5, 0.6) is 11.5 Å². The first-order valence-electron chi connectivity index (χ1n) is 13.1. The van der Waals surface area contributed by atoms with Crippen LogP contribution in [0.3, 0.4) is 0 Å². The van der Waals surface area contributed by atoms with Crippen molar-refractivity contribution in [1.29, 1.82) is 5.26 Å². The fraction of sp³-hybridized carbons (Fsp3) is 0.147. The molecule has 6 rings (SSSR count). The van der Waals surface area contributed by atoms with Gasteiger partial charge in [0, 0.05) is 53.7 Å². The molecule has 0 aliphatic rings. The number of methoxy groups -OCH3 is 2. The van der Waals surface area contributed by atoms with Gasteiger partial charge < -0.3 is 20.1 Å². The van der Waals surface area contributed by atoms with Crippen LogP contribution in [0.4, 0.5) is 11.4 Å². The standard InChI is InChI=1S/C32H26N2O4.C2H3N/c1-17(35)33-28-15-20-13-22(37-3)7-11-24(20)31-26(28)9-5-19-6-10-27-29(34-18(2)36)16-21-14-23(38-4)8-12-25(21)32(27)30(19)31;1-2-3/h5-16H,1-4H3,(H,33,35)(H,34,36);1H3. The Kier molecular flexibility index (Phi) is 7.32. The van der Waals surface area contributed by atoms with Gasteiger partial charge in [0.25, 0.3) is 0 Å². The summed E-state index contributed by atoms with van der Waals surface area (Å²) >= 11 is 0. The Hall–Kier alpha value is -5.35. The van der Waals surface area contributed by atoms with Gasteiger partial charge in [-0.2, -0.15) is 5.26 Å². The Bertz CT molecular complexity index is 1920. The fourth-order valence-electron chi connectivity index (χ4n) is 5.51. The molecule has 2 amide bonds. The number of nitrogens with one attached hydrogen (secondary N) is 2. The van der Waals surface area contributed by atoms with Crippen LogP contribution in [-0.2, 0) is 9.59 Å². The van der Waals surface area contributed by atoms with Gasteiger partial charge in [0.1, 0.15) is 11.5 Å². The number of carbonyl (C=O) groups excluding carboxylic acids is 2. The van der Waals surface area contributed by atoms with Crippen LogP contribution in [0.15, 0.2) is 72.8 Å². The highest BCUT2D eigenvalue weighted by Crippen LogP contribution is 2.44. The number of carbonyl (C=O) groups is 2. The first-order chi connectivity index (χ1) is 19.8. The molecule has 0 atom stereocenters. The van der Waals surface area contributed by atoms with E-state index in [0.717, 1.165) is 76.7 Å². The smallest absolute Gasteiger partial charge is 0.221 e. The van der Waals surface area contributed by atoms with Crippen LogP contribution >= 0.6 is 0 Å². The molecule has 0 bridgehead atoms. The third-order valence-corrected chi connectivity index (χ3v) is 7.04. The molecule has 41 heavy (non-hydrogen) atoms. The summed E-state index contributed by atoms with van der Waals surface area (Å²) in [6.07, 6.45) is 0. The van der Waals surface area contributed by atoms with E-state index >= 15 is 0 Å². The maximum absolute atomic E-state index is 12.2. The number of amides is 2. The van der Waals surface area contributed by atoms with Gasteiger partial charge in [-0.25, -0.2) is 0 Å². The molecule has 0 saturated heterocycles. The Morgan fingerprint density at radius 3 is 1.37 bits per heavy atom. The van der Waals surface area contributed by atoms with Gasteiger partial charge in [-0.3, -0.25) is 9.59 Å². The second kappa shape index (κ2) is 11.0. The summed E-state index contributed by atoms with van der Waals surface area (Å²) in [6, 6.07) is 26.0. The minimum Gasteiger partial charge on any atom is -0.497 e. The summed E-state index contributed by atoms with van der Waals surface area (Å²) < 4.78 is 11.0. The third kappa shape index (κ3) is 4.92. The molecule has 0 spiro atoms. The number of anilines is 2. The van der Waals surface area contributed by atoms with Gasteiger partial charge in [-0.1, -0.05) is 36.4 Å². The van der Waals surface area contributed by atoms with E-state index in [1.165, 1.54) is 20.8 Å². The average Bonchev–Trinajstić information content (AvgIpc) is 2.95. The first-order valence-corrected chi connectivity index (χ1v) is 13.1. The van der Waals surface area contributed by atoms with Crippen molar-refractivity contribution in [2.75, 3.05) is 24.9 Å². The van der Waals surface area contributed by atoms with E-state index in [4.69, 9.17) is 14.7 Å². The number of nitriles is 1. The van der Waals surface area contributed by atoms with Crippen molar-refractivity contribution in [2.24, 2.45) is 0 Å². The zero-order chi connectivity index (χ0) is 29.3. The molecule has 0 unspecified atom stereocenters. The number of fused-ring (bicyclic) bond motifs is 9. The van der Waals surface area contributed by atoms with E-state index in [2.05, 4.69) is 47.0 Å². The van der Waals surface area contributed by atoms with Crippen LogP contribution in [0.1, 0.15) is 20.8 Å². The lowest BCUT2D eigenvalue weighted by molar-refractivity contribution is -0.115. The lowest BCUT2D eigenvalue weighted by atomic mass is 9.89. The molecule has 7 heteroatoms. The van der Waals surface area contributed by atoms with E-state index in [-0.39, 0.29) is 11.8 Å². The summed E-state index contributed by atoms with van der Waals surface area (Å²) in [4.78, 5) is 24.4. The molecule has 0 aromatic heterocycles. The van der Waals surface area contributed by atoms with Crippen molar-refractivity contribution in [1.82, 2.24) is 0 Å². The Balaban J connectivity index is 0.00000108. The zero-order valence-corrected chi connectivity index (χ0v) is 23.5. The van der Waals surface area contributed by atoms with Gasteiger partial charge in [-0.05, 0) is 68.7 Å². The number of hydrogen-bond acceptors (Lipinski definition) is 5. The van der Waals surface area contributed by atoms with Crippen LogP contribution in [-0.4, -0.2) is 26.0 Å². The summed E-state index contributed by atoms with van der Waals surface area (Å²) in [5.41, 5.74) is 1.47. The van der Waals surface area contributed by atoms with Gasteiger partial charge in [-0.15, -0.1) is 0 Å². The predicted octanol–water partition coefficient (Wildman–Crippen LogP) is 7.92. The molecule has 0 heterocycles. The lowest BCUT2D eigenvalue weighted by Gasteiger charge is -2.18. The van der Waals surface area contributed by atoms with E-state index in [1.807, 2.05) is 36.4 Å². The third-order valence-electron chi connectivity index (χ3n) is 7.04. The molecule has 7 nitrogen and oxygen atoms in total. The molecule has 0 aliphatic carbocycles. The molecule has 0 radical (unpaired) electrons. The Morgan fingerprint density at radius 2 is 1.00 bits per heavy atom. The van der Waals surface area contributed by atoms with Gasteiger partial charge in [0.05, 0.1) is 20.3 Å². The fourth-order valence-corrected chi connectivity index (χ4v) is 5.51. The minimum absolute atomic E-state index is 0.142. The topological polar surface area (TPSA) is 100 Å². The maximum Gasteiger partial charge on any atom is 0.221 e. The highest BCUT2D eigenvalue weighted by molar-refractivity contribution is 6.35. The minimum atomic E-state index is -0.142. The van der Waals surface area contributed by atoms with Crippen LogP contribution in [0.25, 0.3) is 53.9 Å². The van der Waals surface area contributed by atoms with Crippen molar-refractivity contribution >= 4 is 77.1 Å². The van der Waals surface area contributed by atoms with Gasteiger partial charge >= 0.3 is 0 Å². The van der Waals surface area contributed by atoms with E-state index in [1.54, 1.807) is 20.3 Å². The molecular weight excluding hydrogens is 514 g/mol. The molecule has 0 saturated carbocycles. The number of hydrogen-bond donors (Lipinski definition) is 2. The SMILES string of the molecule is CC#N.COc1ccc2c(c1)cc(NC(C)=O)c1ccc3ccc4c(NC(C)=O)cc5cc(OC)ccc5c4c3c12. The van der Waals surface area contributed by atoms with Crippen LogP contribution < -0.4 is 20.1 Å². The van der Waals surface area contributed by atoms with Crippen molar-refractivity contribution in [3.05, 3.63) is 72.8 Å². The molecule has 0 fully saturated rings. The highest BCUT2D eigenvalue weighted by atomic mass is 16.5. The second-order valence-corrected chi connectivity index (χ2v) is 9.68. The number of nitrogens with zero attached hydrogens (tertiary/aromatic N) is 1. The first kappa shape index (κ1) is 27.2. The van der Waals surface area contributed by atoms with Crippen molar-refractivity contribution in [2.45, 2.75) is 20.8 Å². The molecule has 6 aromatic carbocycles. The predicted molar refractivity (Wildman–Crippen MR) is 167 cm³/mol. The summed E-state index contributed by atoms with van der Waals surface area (Å²) in [5, 5.41) is 23.4. The normalized spacial score (nSPS) is 10.7. The number of ether oxygens (including phenoxy) is 2. The van der Waals surface area contributed by atoms with Gasteiger partial charge in [0.15, 0.2) is 0 Å². The monoisotopic (exact) mass is 543 g/mol. The lowest BCUT2D eigenvalue weighted by Crippen LogP contribution is -2.07. The average molecular weight is 544 g/mol. The molecule has 204 valence electrons. The van der Waals surface area contributed by atoms with Crippen LogP contribution in [0, 0.1) is 11.3 Å². The second-order valence-electron chi connectivity index (χ2n) is 9.68. The van der Waals surface area contributed by atoms with Crippen molar-refractivity contribution in [3.63, 3.8) is 0 Å². The Labute approximate surface area is 237 Å². The zero-order valence-electron chi connectivity index (χ0n) is 23.5. The molecule has 2 N–H and O–H groups in total. The molecule has 6 aromatic rings. The van der Waals surface area contributed by atoms with Crippen molar-refractivity contribution in [3.8, 4) is 17.6 Å². The largest absolute Gasteiger partial charge is 0.497 e. The van der Waals surface area contributed by atoms with Crippen molar-refractivity contribution < 1.29 is 19.1 Å². The highest BCUT2D eigenvalue weighted by Gasteiger charge is 2.17. The van der Waals surface area contributed by atoms with E-state index in [9.17, 15) is 9.59 Å². The summed E-state index contributed by atoms with van der Waals surface area (Å²) in [5.74, 6) is 1.19. The maximum atomic E-state index is 12.2. The van der Waals surface area contributed by atoms with E-state index < -0.39 is 0 Å². The van der Waals surface area contributed by atoms with Gasteiger partial charge in [0.2, 0.25) is 11.8 Å². The number of rotatable bonds is 4.